The zero-order valence-corrected chi connectivity index (χ0v) is 18.0. The molecule has 0 aliphatic heterocycles. The van der Waals surface area contributed by atoms with Crippen molar-refractivity contribution in [1.82, 2.24) is 14.8 Å². The smallest absolute Gasteiger partial charge is 0.234 e. The van der Waals surface area contributed by atoms with E-state index in [1.165, 1.54) is 11.8 Å². The molecule has 2 aromatic carbocycles. The van der Waals surface area contributed by atoms with Gasteiger partial charge in [-0.2, -0.15) is 11.3 Å². The van der Waals surface area contributed by atoms with Crippen LogP contribution in [-0.4, -0.2) is 33.5 Å². The first-order chi connectivity index (χ1) is 14.7. The number of hydrogen-bond acceptors (Lipinski definition) is 6. The summed E-state index contributed by atoms with van der Waals surface area (Å²) in [4.78, 5) is 12.4. The summed E-state index contributed by atoms with van der Waals surface area (Å²) in [5.41, 5.74) is 2.89. The van der Waals surface area contributed by atoms with Crippen molar-refractivity contribution in [2.24, 2.45) is 0 Å². The van der Waals surface area contributed by atoms with Crippen LogP contribution in [0.2, 0.25) is 0 Å². The monoisotopic (exact) mass is 436 g/mol. The lowest BCUT2D eigenvalue weighted by Crippen LogP contribution is -2.14. The van der Waals surface area contributed by atoms with Gasteiger partial charge in [-0.05, 0) is 41.3 Å². The molecule has 2 aromatic heterocycles. The number of nitrogens with one attached hydrogen (secondary N) is 1. The number of benzene rings is 2. The topological polar surface area (TPSA) is 69.0 Å². The van der Waals surface area contributed by atoms with Gasteiger partial charge in [-0.25, -0.2) is 0 Å². The van der Waals surface area contributed by atoms with Crippen molar-refractivity contribution in [3.8, 4) is 17.1 Å². The summed E-state index contributed by atoms with van der Waals surface area (Å²) in [6.45, 7) is 0.602. The lowest BCUT2D eigenvalue weighted by molar-refractivity contribution is -0.113. The number of anilines is 1. The van der Waals surface area contributed by atoms with Gasteiger partial charge in [-0.15, -0.1) is 10.2 Å². The number of hydrogen-bond donors (Lipinski definition) is 1. The highest BCUT2D eigenvalue weighted by Crippen LogP contribution is 2.27. The van der Waals surface area contributed by atoms with Crippen LogP contribution in [0.15, 0.2) is 76.6 Å². The zero-order chi connectivity index (χ0) is 20.8. The Morgan fingerprint density at radius 3 is 2.60 bits per heavy atom. The number of amides is 1. The van der Waals surface area contributed by atoms with Crippen LogP contribution < -0.4 is 10.1 Å². The molecule has 1 N–H and O–H groups in total. The van der Waals surface area contributed by atoms with E-state index < -0.39 is 0 Å². The number of nitrogens with zero attached hydrogens (tertiary/aromatic N) is 3. The third kappa shape index (κ3) is 4.90. The number of ether oxygens (including phenoxy) is 1. The largest absolute Gasteiger partial charge is 0.497 e. The van der Waals surface area contributed by atoms with Crippen LogP contribution in [0.1, 0.15) is 5.56 Å². The van der Waals surface area contributed by atoms with E-state index in [0.717, 1.165) is 28.4 Å². The molecule has 152 valence electrons. The van der Waals surface area contributed by atoms with Crippen LogP contribution in [0.4, 0.5) is 5.69 Å². The first-order valence-electron chi connectivity index (χ1n) is 9.29. The minimum absolute atomic E-state index is 0.0812. The van der Waals surface area contributed by atoms with Crippen molar-refractivity contribution in [3.05, 3.63) is 77.0 Å². The van der Waals surface area contributed by atoms with Crippen LogP contribution in [-0.2, 0) is 11.3 Å². The van der Waals surface area contributed by atoms with Crippen molar-refractivity contribution >= 4 is 34.7 Å². The number of rotatable bonds is 8. The van der Waals surface area contributed by atoms with Crippen molar-refractivity contribution in [3.63, 3.8) is 0 Å². The number of methoxy groups -OCH3 is 1. The Labute approximate surface area is 182 Å². The Kier molecular flexibility index (Phi) is 6.46. The van der Waals surface area contributed by atoms with Gasteiger partial charge in [-0.3, -0.25) is 9.36 Å². The van der Waals surface area contributed by atoms with Gasteiger partial charge in [0, 0.05) is 16.6 Å². The minimum Gasteiger partial charge on any atom is -0.497 e. The Morgan fingerprint density at radius 1 is 1.10 bits per heavy atom. The van der Waals surface area contributed by atoms with Gasteiger partial charge in [0.15, 0.2) is 11.0 Å². The fourth-order valence-electron chi connectivity index (χ4n) is 2.91. The summed E-state index contributed by atoms with van der Waals surface area (Å²) in [5.74, 6) is 1.77. The van der Waals surface area contributed by atoms with Gasteiger partial charge in [0.1, 0.15) is 5.75 Å². The molecule has 6 nitrogen and oxygen atoms in total. The van der Waals surface area contributed by atoms with Gasteiger partial charge in [0.25, 0.3) is 0 Å². The normalized spacial score (nSPS) is 10.7. The molecule has 0 atom stereocenters. The van der Waals surface area contributed by atoms with E-state index in [1.54, 1.807) is 18.4 Å². The van der Waals surface area contributed by atoms with Gasteiger partial charge in [0.05, 0.1) is 19.4 Å². The molecule has 0 spiro atoms. The predicted molar refractivity (Wildman–Crippen MR) is 121 cm³/mol. The number of thiophene rings is 1. The Hall–Kier alpha value is -3.10. The molecule has 4 rings (SSSR count). The molecular weight excluding hydrogens is 416 g/mol. The number of carbonyl (C=O) groups is 1. The van der Waals surface area contributed by atoms with Gasteiger partial charge < -0.3 is 10.1 Å². The van der Waals surface area contributed by atoms with Crippen LogP contribution in [0.3, 0.4) is 0 Å². The molecule has 0 aliphatic rings. The molecule has 2 heterocycles. The predicted octanol–water partition coefficient (Wildman–Crippen LogP) is 4.79. The maximum absolute atomic E-state index is 12.4. The standard InChI is InChI=1S/C22H20N4O2S2/c1-28-19-9-7-16(8-10-19)13-26-21(17-11-12-29-14-17)24-25-22(26)30-15-20(27)23-18-5-3-2-4-6-18/h2-12,14H,13,15H2,1H3,(H,23,27). The molecule has 1 amide bonds. The molecule has 8 heteroatoms. The van der Waals surface area contributed by atoms with Crippen molar-refractivity contribution in [2.45, 2.75) is 11.7 Å². The summed E-state index contributed by atoms with van der Waals surface area (Å²) in [7, 11) is 1.65. The maximum Gasteiger partial charge on any atom is 0.234 e. The average molecular weight is 437 g/mol. The quantitative estimate of drug-likeness (QED) is 0.402. The highest BCUT2D eigenvalue weighted by molar-refractivity contribution is 7.99. The Balaban J connectivity index is 1.52. The average Bonchev–Trinajstić information content (AvgIpc) is 3.43. The molecular formula is C22H20N4O2S2. The lowest BCUT2D eigenvalue weighted by Gasteiger charge is -2.10. The second-order valence-corrected chi connectivity index (χ2v) is 8.18. The second kappa shape index (κ2) is 9.60. The van der Waals surface area contributed by atoms with Crippen molar-refractivity contribution in [1.29, 1.82) is 0 Å². The molecule has 30 heavy (non-hydrogen) atoms. The fraction of sp³-hybridized carbons (Fsp3) is 0.136. The van der Waals surface area contributed by atoms with E-state index in [-0.39, 0.29) is 11.7 Å². The molecule has 0 saturated heterocycles. The molecule has 0 radical (unpaired) electrons. The summed E-state index contributed by atoms with van der Waals surface area (Å²) >= 11 is 2.99. The van der Waals surface area contributed by atoms with Crippen LogP contribution >= 0.6 is 23.1 Å². The van der Waals surface area contributed by atoms with Gasteiger partial charge in [-0.1, -0.05) is 42.1 Å². The molecule has 0 aliphatic carbocycles. The van der Waals surface area contributed by atoms with Gasteiger partial charge in [0.2, 0.25) is 5.91 Å². The maximum atomic E-state index is 12.4. The highest BCUT2D eigenvalue weighted by Gasteiger charge is 2.16. The first-order valence-corrected chi connectivity index (χ1v) is 11.2. The summed E-state index contributed by atoms with van der Waals surface area (Å²) < 4.78 is 7.29. The van der Waals surface area contributed by atoms with Crippen LogP contribution in [0.25, 0.3) is 11.4 Å². The van der Waals surface area contributed by atoms with Gasteiger partial charge >= 0.3 is 0 Å². The van der Waals surface area contributed by atoms with E-state index in [2.05, 4.69) is 15.5 Å². The number of para-hydroxylation sites is 1. The number of carbonyl (C=O) groups excluding carboxylic acids is 1. The van der Waals surface area contributed by atoms with Crippen molar-refractivity contribution in [2.75, 3.05) is 18.2 Å². The Bertz CT molecular complexity index is 1090. The highest BCUT2D eigenvalue weighted by atomic mass is 32.2. The second-order valence-electron chi connectivity index (χ2n) is 6.46. The summed E-state index contributed by atoms with van der Waals surface area (Å²) in [5, 5.41) is 16.4. The van der Waals surface area contributed by atoms with E-state index in [1.807, 2.05) is 76.0 Å². The number of aromatic nitrogens is 3. The van der Waals surface area contributed by atoms with Crippen LogP contribution in [0, 0.1) is 0 Å². The Morgan fingerprint density at radius 2 is 1.90 bits per heavy atom. The van der Waals surface area contributed by atoms with Crippen LogP contribution in [0.5, 0.6) is 5.75 Å². The molecule has 0 unspecified atom stereocenters. The van der Waals surface area contributed by atoms with Crippen molar-refractivity contribution < 1.29 is 9.53 Å². The zero-order valence-electron chi connectivity index (χ0n) is 16.3. The lowest BCUT2D eigenvalue weighted by atomic mass is 10.2. The number of thioether (sulfide) groups is 1. The fourth-order valence-corrected chi connectivity index (χ4v) is 4.28. The molecule has 0 bridgehead atoms. The SMILES string of the molecule is COc1ccc(Cn2c(SCC(=O)Nc3ccccc3)nnc2-c2ccsc2)cc1. The molecule has 4 aromatic rings. The summed E-state index contributed by atoms with van der Waals surface area (Å²) in [6, 6.07) is 19.4. The molecule has 0 fully saturated rings. The van der Waals surface area contributed by atoms with E-state index in [9.17, 15) is 4.79 Å². The first kappa shape index (κ1) is 20.2. The summed E-state index contributed by atoms with van der Waals surface area (Å²) in [6.07, 6.45) is 0. The third-order valence-electron chi connectivity index (χ3n) is 4.39. The van der Waals surface area contributed by atoms with E-state index in [4.69, 9.17) is 4.74 Å². The molecule has 0 saturated carbocycles. The third-order valence-corrected chi connectivity index (χ3v) is 6.04. The van der Waals surface area contributed by atoms with E-state index >= 15 is 0 Å². The van der Waals surface area contributed by atoms with E-state index in [0.29, 0.717) is 11.7 Å². The minimum atomic E-state index is -0.0812.